The average Bonchev–Trinajstić information content (AvgIpc) is 3.10. The maximum atomic E-state index is 13.4. The van der Waals surface area contributed by atoms with Crippen molar-refractivity contribution >= 4 is 35.1 Å². The van der Waals surface area contributed by atoms with Crippen LogP contribution in [0.15, 0.2) is 72.8 Å². The second-order valence-corrected chi connectivity index (χ2v) is 8.38. The van der Waals surface area contributed by atoms with E-state index in [0.717, 1.165) is 4.90 Å². The number of hydrogen-bond donors (Lipinski definition) is 3. The molecule has 2 aliphatic rings. The van der Waals surface area contributed by atoms with Gasteiger partial charge in [-0.15, -0.1) is 0 Å². The van der Waals surface area contributed by atoms with Crippen molar-refractivity contribution in [2.45, 2.75) is 12.0 Å². The Morgan fingerprint density at radius 2 is 1.69 bits per heavy atom. The molecular weight excluding hydrogens is 467 g/mol. The molecule has 0 aromatic heterocycles. The van der Waals surface area contributed by atoms with Crippen LogP contribution in [0.2, 0.25) is 0 Å². The van der Waals surface area contributed by atoms with Crippen LogP contribution in [0.4, 0.5) is 20.6 Å². The Morgan fingerprint density at radius 1 is 0.972 bits per heavy atom. The monoisotopic (exact) mass is 488 g/mol. The molecule has 5 amide bonds. The standard InChI is InChI=1S/C26H21FN4O5/c27-16-9-11-17(12-10-16)28-23(33)18-5-1-3-7-20(18)29-22(32)15-31-24(34)26(30-25(31)35)13-14-36-21-8-4-2-6-19(21)26/h1-12H,13-15H2,(H,28,33)(H,29,32)(H,30,35)/t26-/m1/s1. The van der Waals surface area contributed by atoms with Gasteiger partial charge in [-0.05, 0) is 42.5 Å². The minimum absolute atomic E-state index is 0.155. The molecule has 1 spiro atoms. The van der Waals surface area contributed by atoms with Gasteiger partial charge in [0.1, 0.15) is 18.1 Å². The molecule has 0 saturated carbocycles. The van der Waals surface area contributed by atoms with Gasteiger partial charge in [-0.2, -0.15) is 0 Å². The molecule has 1 saturated heterocycles. The highest BCUT2D eigenvalue weighted by molar-refractivity contribution is 6.13. The van der Waals surface area contributed by atoms with Crippen molar-refractivity contribution in [3.8, 4) is 5.75 Å². The van der Waals surface area contributed by atoms with Gasteiger partial charge in [-0.1, -0.05) is 30.3 Å². The number of hydrogen-bond acceptors (Lipinski definition) is 5. The highest BCUT2D eigenvalue weighted by Gasteiger charge is 2.55. The number of rotatable bonds is 5. The molecule has 2 aliphatic heterocycles. The Hall–Kier alpha value is -4.73. The summed E-state index contributed by atoms with van der Waals surface area (Å²) in [5.41, 5.74) is -0.0224. The summed E-state index contributed by atoms with van der Waals surface area (Å²) < 4.78 is 18.8. The zero-order valence-electron chi connectivity index (χ0n) is 18.9. The normalized spacial score (nSPS) is 18.3. The Morgan fingerprint density at radius 3 is 2.50 bits per heavy atom. The van der Waals surface area contributed by atoms with Crippen molar-refractivity contribution in [2.75, 3.05) is 23.8 Å². The number of carbonyl (C=O) groups is 4. The van der Waals surface area contributed by atoms with E-state index in [1.54, 1.807) is 36.4 Å². The van der Waals surface area contributed by atoms with Crippen LogP contribution in [0.25, 0.3) is 0 Å². The Kier molecular flexibility index (Phi) is 5.85. The molecule has 5 rings (SSSR count). The second-order valence-electron chi connectivity index (χ2n) is 8.38. The molecule has 2 heterocycles. The Labute approximate surface area is 205 Å². The number of fused-ring (bicyclic) bond motifs is 2. The summed E-state index contributed by atoms with van der Waals surface area (Å²) >= 11 is 0. The molecule has 0 bridgehead atoms. The van der Waals surface area contributed by atoms with Crippen LogP contribution >= 0.6 is 0 Å². The molecule has 0 unspecified atom stereocenters. The van der Waals surface area contributed by atoms with Crippen LogP contribution in [-0.4, -0.2) is 41.8 Å². The van der Waals surface area contributed by atoms with E-state index in [0.29, 0.717) is 17.0 Å². The molecule has 0 aliphatic carbocycles. The summed E-state index contributed by atoms with van der Waals surface area (Å²) in [6.45, 7) is -0.303. The maximum absolute atomic E-state index is 13.4. The predicted molar refractivity (Wildman–Crippen MR) is 128 cm³/mol. The lowest BCUT2D eigenvalue weighted by atomic mass is 9.84. The number of anilines is 2. The molecule has 36 heavy (non-hydrogen) atoms. The second kappa shape index (κ2) is 9.14. The van der Waals surface area contributed by atoms with Crippen LogP contribution in [-0.2, 0) is 15.1 Å². The number of halogens is 1. The number of amides is 5. The first-order valence-corrected chi connectivity index (χ1v) is 11.2. The summed E-state index contributed by atoms with van der Waals surface area (Å²) in [6, 6.07) is 17.8. The molecule has 3 aromatic rings. The van der Waals surface area contributed by atoms with Crippen molar-refractivity contribution in [3.05, 3.63) is 89.7 Å². The highest BCUT2D eigenvalue weighted by atomic mass is 19.1. The van der Waals surface area contributed by atoms with E-state index in [2.05, 4.69) is 16.0 Å². The number of benzene rings is 3. The predicted octanol–water partition coefficient (Wildman–Crippen LogP) is 3.25. The van der Waals surface area contributed by atoms with Gasteiger partial charge >= 0.3 is 6.03 Å². The van der Waals surface area contributed by atoms with E-state index in [9.17, 15) is 23.6 Å². The third kappa shape index (κ3) is 4.13. The van der Waals surface area contributed by atoms with Crippen molar-refractivity contribution < 1.29 is 28.3 Å². The number of nitrogens with zero attached hydrogens (tertiary/aromatic N) is 1. The number of nitrogens with one attached hydrogen (secondary N) is 3. The van der Waals surface area contributed by atoms with Gasteiger partial charge in [-0.25, -0.2) is 9.18 Å². The van der Waals surface area contributed by atoms with Crippen LogP contribution in [0.3, 0.4) is 0 Å². The molecular formula is C26H21FN4O5. The number of imide groups is 1. The van der Waals surface area contributed by atoms with Gasteiger partial charge in [0.2, 0.25) is 5.91 Å². The van der Waals surface area contributed by atoms with Crippen LogP contribution < -0.4 is 20.7 Å². The van der Waals surface area contributed by atoms with Gasteiger partial charge in [0.05, 0.1) is 17.9 Å². The molecule has 0 radical (unpaired) electrons. The highest BCUT2D eigenvalue weighted by Crippen LogP contribution is 2.40. The first kappa shape index (κ1) is 23.0. The minimum Gasteiger partial charge on any atom is -0.493 e. The summed E-state index contributed by atoms with van der Waals surface area (Å²) in [5.74, 6) is -1.65. The fourth-order valence-electron chi connectivity index (χ4n) is 4.37. The van der Waals surface area contributed by atoms with E-state index in [-0.39, 0.29) is 24.3 Å². The number of urea groups is 1. The van der Waals surface area contributed by atoms with E-state index < -0.39 is 41.7 Å². The summed E-state index contributed by atoms with van der Waals surface area (Å²) in [7, 11) is 0. The molecule has 182 valence electrons. The molecule has 1 atom stereocenters. The maximum Gasteiger partial charge on any atom is 0.325 e. The topological polar surface area (TPSA) is 117 Å². The average molecular weight is 488 g/mol. The smallest absolute Gasteiger partial charge is 0.325 e. The Balaban J connectivity index is 1.31. The minimum atomic E-state index is -1.29. The van der Waals surface area contributed by atoms with Gasteiger partial charge in [0.25, 0.3) is 11.8 Å². The lowest BCUT2D eigenvalue weighted by Gasteiger charge is -2.33. The summed E-state index contributed by atoms with van der Waals surface area (Å²) in [6.07, 6.45) is 0.235. The van der Waals surface area contributed by atoms with Crippen LogP contribution in [0.1, 0.15) is 22.3 Å². The summed E-state index contributed by atoms with van der Waals surface area (Å²) in [5, 5.41) is 7.99. The number of carbonyl (C=O) groups excluding carboxylic acids is 4. The molecule has 3 N–H and O–H groups in total. The van der Waals surface area contributed by atoms with Gasteiger partial charge in [0, 0.05) is 17.7 Å². The number of ether oxygens (including phenoxy) is 1. The SMILES string of the molecule is O=C(CN1C(=O)N[C@@]2(CCOc3ccccc32)C1=O)Nc1ccccc1C(=O)Nc1ccc(F)cc1. The molecule has 3 aromatic carbocycles. The van der Waals surface area contributed by atoms with Crippen molar-refractivity contribution in [2.24, 2.45) is 0 Å². The zero-order valence-corrected chi connectivity index (χ0v) is 18.9. The molecule has 1 fully saturated rings. The fourth-order valence-corrected chi connectivity index (χ4v) is 4.37. The van der Waals surface area contributed by atoms with Gasteiger partial charge < -0.3 is 20.7 Å². The summed E-state index contributed by atoms with van der Waals surface area (Å²) in [4.78, 5) is 52.6. The van der Waals surface area contributed by atoms with Gasteiger partial charge in [0.15, 0.2) is 5.54 Å². The Bertz CT molecular complexity index is 1380. The molecule has 9 nitrogen and oxygen atoms in total. The van der Waals surface area contributed by atoms with Gasteiger partial charge in [-0.3, -0.25) is 19.3 Å². The van der Waals surface area contributed by atoms with E-state index in [1.807, 2.05) is 0 Å². The van der Waals surface area contributed by atoms with Crippen molar-refractivity contribution in [1.82, 2.24) is 10.2 Å². The van der Waals surface area contributed by atoms with E-state index >= 15 is 0 Å². The van der Waals surface area contributed by atoms with Crippen molar-refractivity contribution in [1.29, 1.82) is 0 Å². The quantitative estimate of drug-likeness (QED) is 0.477. The first-order chi connectivity index (χ1) is 17.4. The van der Waals surface area contributed by atoms with Crippen LogP contribution in [0, 0.1) is 5.82 Å². The van der Waals surface area contributed by atoms with Crippen molar-refractivity contribution in [3.63, 3.8) is 0 Å². The zero-order chi connectivity index (χ0) is 25.3. The third-order valence-electron chi connectivity index (χ3n) is 6.11. The number of para-hydroxylation sites is 2. The lowest BCUT2D eigenvalue weighted by Crippen LogP contribution is -2.48. The molecule has 10 heteroatoms. The lowest BCUT2D eigenvalue weighted by molar-refractivity contribution is -0.135. The van der Waals surface area contributed by atoms with E-state index in [4.69, 9.17) is 4.74 Å². The largest absolute Gasteiger partial charge is 0.493 e. The first-order valence-electron chi connectivity index (χ1n) is 11.2. The fraction of sp³-hybridized carbons (Fsp3) is 0.154. The van der Waals surface area contributed by atoms with Crippen LogP contribution in [0.5, 0.6) is 5.75 Å². The third-order valence-corrected chi connectivity index (χ3v) is 6.11. The van der Waals surface area contributed by atoms with E-state index in [1.165, 1.54) is 36.4 Å².